The van der Waals surface area contributed by atoms with Crippen molar-refractivity contribution in [2.45, 2.75) is 32.6 Å². The second-order valence-electron chi connectivity index (χ2n) is 11.0. The second kappa shape index (κ2) is 17.1. The van der Waals surface area contributed by atoms with Gasteiger partial charge in [-0.1, -0.05) is 49.0 Å². The van der Waals surface area contributed by atoms with Gasteiger partial charge in [0.05, 0.1) is 41.5 Å². The molecule has 0 aliphatic carbocycles. The van der Waals surface area contributed by atoms with E-state index < -0.39 is 5.97 Å². The lowest BCUT2D eigenvalue weighted by molar-refractivity contribution is -0.139. The van der Waals surface area contributed by atoms with Gasteiger partial charge >= 0.3 is 11.9 Å². The number of carbonyl (C=O) groups is 2. The van der Waals surface area contributed by atoms with Gasteiger partial charge in [0, 0.05) is 16.3 Å². The molecule has 0 saturated heterocycles. The highest BCUT2D eigenvalue weighted by atomic mass is 16.5. The van der Waals surface area contributed by atoms with Gasteiger partial charge in [0.2, 0.25) is 0 Å². The van der Waals surface area contributed by atoms with Crippen LogP contribution in [0.1, 0.15) is 43.0 Å². The third-order valence-electron chi connectivity index (χ3n) is 7.21. The fourth-order valence-electron chi connectivity index (χ4n) is 4.63. The Hall–Kier alpha value is -5.96. The molecule has 0 fully saturated rings. The van der Waals surface area contributed by atoms with Crippen molar-refractivity contribution >= 4 is 45.5 Å². The van der Waals surface area contributed by atoms with Crippen LogP contribution in [0.15, 0.2) is 148 Å². The number of unbranched alkanes of at least 4 members (excludes halogenated alkanes) is 3. The maximum Gasteiger partial charge on any atom is 0.343 e. The first-order chi connectivity index (χ1) is 23.5. The van der Waals surface area contributed by atoms with Crippen molar-refractivity contribution in [1.29, 1.82) is 0 Å². The minimum atomic E-state index is -0.473. The van der Waals surface area contributed by atoms with E-state index >= 15 is 0 Å². The number of carbonyl (C=O) groups excluding carboxylic acids is 2. The first kappa shape index (κ1) is 33.4. The van der Waals surface area contributed by atoms with Crippen LogP contribution in [0.5, 0.6) is 11.5 Å². The molecule has 0 radical (unpaired) electrons. The van der Waals surface area contributed by atoms with Gasteiger partial charge in [-0.25, -0.2) is 9.59 Å². The molecule has 242 valence electrons. The Morgan fingerprint density at radius 2 is 1.12 bits per heavy atom. The van der Waals surface area contributed by atoms with Crippen LogP contribution < -0.4 is 9.47 Å². The monoisotopic (exact) mass is 640 g/mol. The van der Waals surface area contributed by atoms with E-state index in [1.807, 2.05) is 66.7 Å². The van der Waals surface area contributed by atoms with Gasteiger partial charge in [0.1, 0.15) is 11.5 Å². The van der Waals surface area contributed by atoms with Crippen molar-refractivity contribution in [1.82, 2.24) is 0 Å². The van der Waals surface area contributed by atoms with Crippen molar-refractivity contribution in [3.63, 3.8) is 0 Å². The predicted octanol–water partition coefficient (Wildman–Crippen LogP) is 10.9. The van der Waals surface area contributed by atoms with Crippen molar-refractivity contribution in [3.05, 3.63) is 133 Å². The summed E-state index contributed by atoms with van der Waals surface area (Å²) in [7, 11) is 0. The average Bonchev–Trinajstić information content (AvgIpc) is 3.12. The molecule has 0 atom stereocenters. The van der Waals surface area contributed by atoms with Crippen LogP contribution in [-0.4, -0.2) is 25.2 Å². The summed E-state index contributed by atoms with van der Waals surface area (Å²) in [6.45, 7) is 6.16. The molecule has 0 aliphatic heterocycles. The Morgan fingerprint density at radius 1 is 0.583 bits per heavy atom. The van der Waals surface area contributed by atoms with E-state index in [4.69, 9.17) is 14.2 Å². The zero-order valence-electron chi connectivity index (χ0n) is 26.7. The second-order valence-corrected chi connectivity index (χ2v) is 11.0. The predicted molar refractivity (Wildman–Crippen MR) is 186 cm³/mol. The van der Waals surface area contributed by atoms with Crippen LogP contribution in [0.4, 0.5) is 22.7 Å². The highest BCUT2D eigenvalue weighted by molar-refractivity contribution is 5.99. The van der Waals surface area contributed by atoms with Gasteiger partial charge in [-0.05, 0) is 105 Å². The van der Waals surface area contributed by atoms with Crippen molar-refractivity contribution in [3.8, 4) is 11.5 Å². The molecule has 5 aromatic rings. The van der Waals surface area contributed by atoms with Crippen LogP contribution in [0.25, 0.3) is 10.8 Å². The summed E-state index contributed by atoms with van der Waals surface area (Å²) in [6, 6.07) is 34.9. The van der Waals surface area contributed by atoms with Gasteiger partial charge < -0.3 is 14.2 Å². The van der Waals surface area contributed by atoms with Gasteiger partial charge in [0.25, 0.3) is 0 Å². The molecule has 9 heteroatoms. The number of ether oxygens (including phenoxy) is 3. The van der Waals surface area contributed by atoms with E-state index in [-0.39, 0.29) is 5.97 Å². The Morgan fingerprint density at radius 3 is 1.73 bits per heavy atom. The molecular weight excluding hydrogens is 604 g/mol. The smallest absolute Gasteiger partial charge is 0.343 e. The van der Waals surface area contributed by atoms with Gasteiger partial charge in [-0.2, -0.15) is 10.2 Å². The fourth-order valence-corrected chi connectivity index (χ4v) is 4.63. The summed E-state index contributed by atoms with van der Waals surface area (Å²) in [5.74, 6) is 0.251. The third-order valence-corrected chi connectivity index (χ3v) is 7.21. The lowest BCUT2D eigenvalue weighted by Crippen LogP contribution is -2.08. The topological polar surface area (TPSA) is 111 Å². The SMILES string of the molecule is C=C(C)C(=O)OCCCCCCOc1ccc(C(=O)Oc2ccc(N=Nc3ccc(N=Nc4ccccc4)c4ccccc34)cc2)cc1. The highest BCUT2D eigenvalue weighted by Crippen LogP contribution is 2.35. The van der Waals surface area contributed by atoms with Crippen molar-refractivity contribution in [2.75, 3.05) is 13.2 Å². The van der Waals surface area contributed by atoms with E-state index in [0.717, 1.165) is 47.8 Å². The van der Waals surface area contributed by atoms with Gasteiger partial charge in [-0.15, -0.1) is 10.2 Å². The summed E-state index contributed by atoms with van der Waals surface area (Å²) in [6.07, 6.45) is 3.58. The molecule has 0 N–H and O–H groups in total. The van der Waals surface area contributed by atoms with E-state index in [1.165, 1.54) is 0 Å². The molecule has 0 bridgehead atoms. The van der Waals surface area contributed by atoms with E-state index in [9.17, 15) is 9.59 Å². The average molecular weight is 641 g/mol. The molecule has 0 spiro atoms. The zero-order chi connectivity index (χ0) is 33.6. The summed E-state index contributed by atoms with van der Waals surface area (Å²) >= 11 is 0. The Bertz CT molecular complexity index is 1900. The van der Waals surface area contributed by atoms with E-state index in [0.29, 0.717) is 47.2 Å². The summed E-state index contributed by atoms with van der Waals surface area (Å²) in [5.41, 5.74) is 3.65. The quantitative estimate of drug-likeness (QED) is 0.0371. The normalized spacial score (nSPS) is 11.2. The summed E-state index contributed by atoms with van der Waals surface area (Å²) in [5, 5.41) is 19.5. The molecule has 5 rings (SSSR count). The standard InChI is InChI=1S/C39H36N4O5/c1-28(2)38(44)47-27-11-4-3-10-26-46-32-20-16-29(17-21-32)39(45)48-33-22-18-31(19-23-33)41-43-37-25-24-36(34-14-8-9-15-35(34)37)42-40-30-12-6-5-7-13-30/h5-9,12-25H,1,3-4,10-11,26-27H2,2H3. The van der Waals surface area contributed by atoms with E-state index in [2.05, 4.69) is 27.0 Å². The largest absolute Gasteiger partial charge is 0.494 e. The number of esters is 2. The molecule has 0 aromatic heterocycles. The van der Waals surface area contributed by atoms with E-state index in [1.54, 1.807) is 55.5 Å². The number of benzene rings is 5. The molecule has 48 heavy (non-hydrogen) atoms. The van der Waals surface area contributed by atoms with Gasteiger partial charge in [-0.3, -0.25) is 0 Å². The highest BCUT2D eigenvalue weighted by Gasteiger charge is 2.10. The molecule has 9 nitrogen and oxygen atoms in total. The number of azo groups is 2. The van der Waals surface area contributed by atoms with Crippen molar-refractivity contribution < 1.29 is 23.8 Å². The van der Waals surface area contributed by atoms with Crippen LogP contribution in [0, 0.1) is 0 Å². The first-order valence-electron chi connectivity index (χ1n) is 15.7. The lowest BCUT2D eigenvalue weighted by Gasteiger charge is -2.08. The minimum Gasteiger partial charge on any atom is -0.494 e. The molecule has 0 heterocycles. The molecular formula is C39H36N4O5. The fraction of sp³-hybridized carbons (Fsp3) is 0.179. The molecule has 5 aromatic carbocycles. The number of fused-ring (bicyclic) bond motifs is 1. The number of nitrogens with zero attached hydrogens (tertiary/aromatic N) is 4. The number of hydrogen-bond donors (Lipinski definition) is 0. The van der Waals surface area contributed by atoms with Gasteiger partial charge in [0.15, 0.2) is 0 Å². The number of rotatable bonds is 15. The minimum absolute atomic E-state index is 0.348. The third kappa shape index (κ3) is 9.77. The van der Waals surface area contributed by atoms with Crippen LogP contribution in [0.2, 0.25) is 0 Å². The molecule has 0 amide bonds. The molecule has 0 aliphatic rings. The van der Waals surface area contributed by atoms with Crippen LogP contribution >= 0.6 is 0 Å². The maximum atomic E-state index is 12.7. The lowest BCUT2D eigenvalue weighted by atomic mass is 10.1. The summed E-state index contributed by atoms with van der Waals surface area (Å²) < 4.78 is 16.4. The Balaban J connectivity index is 1.09. The summed E-state index contributed by atoms with van der Waals surface area (Å²) in [4.78, 5) is 24.1. The Labute approximate surface area is 279 Å². The first-order valence-corrected chi connectivity index (χ1v) is 15.7. The number of hydrogen-bond acceptors (Lipinski definition) is 9. The van der Waals surface area contributed by atoms with Crippen molar-refractivity contribution in [2.24, 2.45) is 20.5 Å². The molecule has 0 saturated carbocycles. The Kier molecular flexibility index (Phi) is 11.9. The van der Waals surface area contributed by atoms with Crippen LogP contribution in [0.3, 0.4) is 0 Å². The maximum absolute atomic E-state index is 12.7. The molecule has 0 unspecified atom stereocenters. The zero-order valence-corrected chi connectivity index (χ0v) is 26.7. The van der Waals surface area contributed by atoms with Crippen LogP contribution in [-0.2, 0) is 9.53 Å².